The minimum absolute atomic E-state index is 0.175. The van der Waals surface area contributed by atoms with Crippen LogP contribution in [0.25, 0.3) is 6.08 Å². The Bertz CT molecular complexity index is 835. The molecule has 3 rings (SSSR count). The number of benzene rings is 2. The lowest BCUT2D eigenvalue weighted by atomic mass is 10.1. The van der Waals surface area contributed by atoms with Gasteiger partial charge in [-0.25, -0.2) is 4.79 Å². The van der Waals surface area contributed by atoms with Crippen LogP contribution in [0, 0.1) is 6.92 Å². The Kier molecular flexibility index (Phi) is 4.33. The first-order valence-electron chi connectivity index (χ1n) is 7.41. The van der Waals surface area contributed by atoms with Crippen LogP contribution in [0.4, 0.5) is 0 Å². The van der Waals surface area contributed by atoms with Gasteiger partial charge in [-0.1, -0.05) is 29.8 Å². The number of allylic oxidation sites excluding steroid dienone is 1. The fourth-order valence-electron chi connectivity index (χ4n) is 2.37. The van der Waals surface area contributed by atoms with E-state index in [-0.39, 0.29) is 18.1 Å². The number of esters is 1. The van der Waals surface area contributed by atoms with E-state index in [1.807, 2.05) is 31.2 Å². The van der Waals surface area contributed by atoms with Crippen molar-refractivity contribution in [3.05, 3.63) is 64.9 Å². The molecule has 1 aliphatic heterocycles. The summed E-state index contributed by atoms with van der Waals surface area (Å²) in [5.74, 6) is 0.462. The van der Waals surface area contributed by atoms with Gasteiger partial charge in [-0.05, 0) is 30.7 Å². The fraction of sp³-hybridized carbons (Fsp3) is 0.158. The molecular weight excluding hydrogens is 308 g/mol. The first-order valence-corrected chi connectivity index (χ1v) is 7.41. The van der Waals surface area contributed by atoms with Gasteiger partial charge in [0, 0.05) is 6.07 Å². The first kappa shape index (κ1) is 15.8. The molecule has 0 aliphatic carbocycles. The highest BCUT2D eigenvalue weighted by atomic mass is 16.6. The highest BCUT2D eigenvalue weighted by Crippen LogP contribution is 2.34. The molecule has 1 heterocycles. The average molecular weight is 324 g/mol. The predicted octanol–water partition coefficient (Wildman–Crippen LogP) is 3.16. The molecule has 0 saturated heterocycles. The van der Waals surface area contributed by atoms with E-state index in [1.54, 1.807) is 24.3 Å². The van der Waals surface area contributed by atoms with Crippen molar-refractivity contribution in [1.82, 2.24) is 0 Å². The summed E-state index contributed by atoms with van der Waals surface area (Å²) < 4.78 is 15.5. The summed E-state index contributed by atoms with van der Waals surface area (Å²) in [5, 5.41) is 0. The van der Waals surface area contributed by atoms with Crippen LogP contribution >= 0.6 is 0 Å². The molecule has 2 aromatic carbocycles. The van der Waals surface area contributed by atoms with Crippen molar-refractivity contribution in [2.45, 2.75) is 6.92 Å². The lowest BCUT2D eigenvalue weighted by molar-refractivity contribution is -0.142. The van der Waals surface area contributed by atoms with Crippen LogP contribution < -0.4 is 9.47 Å². The molecule has 0 N–H and O–H groups in total. The predicted molar refractivity (Wildman–Crippen MR) is 88.1 cm³/mol. The third-order valence-corrected chi connectivity index (χ3v) is 3.57. The van der Waals surface area contributed by atoms with Gasteiger partial charge in [0.25, 0.3) is 0 Å². The summed E-state index contributed by atoms with van der Waals surface area (Å²) in [6.07, 6.45) is 1.71. The molecule has 0 radical (unpaired) electrons. The third kappa shape index (κ3) is 3.30. The van der Waals surface area contributed by atoms with Crippen LogP contribution in [-0.4, -0.2) is 25.5 Å². The molecule has 2 aromatic rings. The Morgan fingerprint density at radius 2 is 2.04 bits per heavy atom. The molecular formula is C19H16O5. The molecule has 1 aliphatic rings. The normalized spacial score (nSPS) is 14.2. The third-order valence-electron chi connectivity index (χ3n) is 3.57. The molecule has 0 spiro atoms. The van der Waals surface area contributed by atoms with E-state index in [1.165, 1.54) is 7.11 Å². The van der Waals surface area contributed by atoms with E-state index in [2.05, 4.69) is 4.74 Å². The Morgan fingerprint density at radius 1 is 1.21 bits per heavy atom. The van der Waals surface area contributed by atoms with E-state index < -0.39 is 5.97 Å². The number of fused-ring (bicyclic) bond motifs is 1. The van der Waals surface area contributed by atoms with Gasteiger partial charge in [0.2, 0.25) is 5.78 Å². The molecule has 5 nitrogen and oxygen atoms in total. The number of rotatable bonds is 4. The molecule has 122 valence electrons. The Morgan fingerprint density at radius 3 is 2.79 bits per heavy atom. The number of hydrogen-bond acceptors (Lipinski definition) is 5. The second-order valence-corrected chi connectivity index (χ2v) is 5.38. The molecule has 0 atom stereocenters. The Labute approximate surface area is 139 Å². The van der Waals surface area contributed by atoms with E-state index in [0.717, 1.165) is 11.1 Å². The number of aryl methyl sites for hydroxylation is 1. The van der Waals surface area contributed by atoms with Crippen LogP contribution in [-0.2, 0) is 9.53 Å². The van der Waals surface area contributed by atoms with Gasteiger partial charge in [0.05, 0.1) is 12.7 Å². The van der Waals surface area contributed by atoms with Gasteiger partial charge in [-0.3, -0.25) is 4.79 Å². The second-order valence-electron chi connectivity index (χ2n) is 5.38. The molecule has 0 bridgehead atoms. The van der Waals surface area contributed by atoms with E-state index in [9.17, 15) is 9.59 Å². The summed E-state index contributed by atoms with van der Waals surface area (Å²) in [4.78, 5) is 23.5. The zero-order valence-corrected chi connectivity index (χ0v) is 13.4. The summed E-state index contributed by atoms with van der Waals surface area (Å²) in [7, 11) is 1.29. The lowest BCUT2D eigenvalue weighted by Crippen LogP contribution is -2.12. The first-order chi connectivity index (χ1) is 11.6. The highest BCUT2D eigenvalue weighted by molar-refractivity contribution is 6.14. The van der Waals surface area contributed by atoms with Gasteiger partial charge < -0.3 is 14.2 Å². The van der Waals surface area contributed by atoms with E-state index in [0.29, 0.717) is 17.1 Å². The number of carbonyl (C=O) groups is 2. The van der Waals surface area contributed by atoms with Gasteiger partial charge in [0.15, 0.2) is 12.4 Å². The summed E-state index contributed by atoms with van der Waals surface area (Å²) in [5.41, 5.74) is 2.47. The number of carbonyl (C=O) groups excluding carboxylic acids is 2. The molecule has 0 aromatic heterocycles. The largest absolute Gasteiger partial charge is 0.482 e. The standard InChI is InChI=1S/C19H16O5/c1-12-4-3-5-13(8-12)9-17-19(21)15-7-6-14(10-16(15)24-17)23-11-18(20)22-2/h3-10H,11H2,1-2H3/b17-9+. The Balaban J connectivity index is 1.81. The summed E-state index contributed by atoms with van der Waals surface area (Å²) in [6, 6.07) is 12.6. The van der Waals surface area contributed by atoms with Crippen molar-refractivity contribution in [3.8, 4) is 11.5 Å². The maximum Gasteiger partial charge on any atom is 0.343 e. The van der Waals surface area contributed by atoms with Crippen molar-refractivity contribution in [3.63, 3.8) is 0 Å². The van der Waals surface area contributed by atoms with Gasteiger partial charge in [-0.15, -0.1) is 0 Å². The number of hydrogen-bond donors (Lipinski definition) is 0. The number of methoxy groups -OCH3 is 1. The van der Waals surface area contributed by atoms with Crippen molar-refractivity contribution < 1.29 is 23.8 Å². The van der Waals surface area contributed by atoms with Gasteiger partial charge in [0.1, 0.15) is 11.5 Å². The summed E-state index contributed by atoms with van der Waals surface area (Å²) >= 11 is 0. The zero-order chi connectivity index (χ0) is 17.1. The molecule has 0 amide bonds. The number of ketones is 1. The molecule has 0 saturated carbocycles. The molecule has 24 heavy (non-hydrogen) atoms. The monoisotopic (exact) mass is 324 g/mol. The van der Waals surface area contributed by atoms with Crippen molar-refractivity contribution in [2.75, 3.05) is 13.7 Å². The number of ether oxygens (including phenoxy) is 3. The maximum absolute atomic E-state index is 12.4. The second kappa shape index (κ2) is 6.58. The summed E-state index contributed by atoms with van der Waals surface area (Å²) in [6.45, 7) is 1.79. The number of Topliss-reactive ketones (excluding diaryl/α,β-unsaturated/α-hetero) is 1. The van der Waals surface area contributed by atoms with Crippen molar-refractivity contribution in [1.29, 1.82) is 0 Å². The highest BCUT2D eigenvalue weighted by Gasteiger charge is 2.27. The minimum Gasteiger partial charge on any atom is -0.482 e. The lowest BCUT2D eigenvalue weighted by Gasteiger charge is -2.05. The van der Waals surface area contributed by atoms with Crippen LogP contribution in [0.2, 0.25) is 0 Å². The van der Waals surface area contributed by atoms with Crippen LogP contribution in [0.1, 0.15) is 21.5 Å². The van der Waals surface area contributed by atoms with E-state index >= 15 is 0 Å². The van der Waals surface area contributed by atoms with Crippen LogP contribution in [0.3, 0.4) is 0 Å². The topological polar surface area (TPSA) is 61.8 Å². The zero-order valence-electron chi connectivity index (χ0n) is 13.4. The van der Waals surface area contributed by atoms with Crippen molar-refractivity contribution in [2.24, 2.45) is 0 Å². The fourth-order valence-corrected chi connectivity index (χ4v) is 2.37. The van der Waals surface area contributed by atoms with Crippen LogP contribution in [0.15, 0.2) is 48.2 Å². The van der Waals surface area contributed by atoms with Gasteiger partial charge >= 0.3 is 5.97 Å². The average Bonchev–Trinajstić information content (AvgIpc) is 2.88. The molecule has 5 heteroatoms. The SMILES string of the molecule is COC(=O)COc1ccc2c(c1)O/C(=C/c1cccc(C)c1)C2=O. The minimum atomic E-state index is -0.479. The van der Waals surface area contributed by atoms with E-state index in [4.69, 9.17) is 9.47 Å². The Hall–Kier alpha value is -3.08. The van der Waals surface area contributed by atoms with Crippen LogP contribution in [0.5, 0.6) is 11.5 Å². The molecule has 0 unspecified atom stereocenters. The van der Waals surface area contributed by atoms with Gasteiger partial charge in [-0.2, -0.15) is 0 Å². The van der Waals surface area contributed by atoms with Crippen molar-refractivity contribution >= 4 is 17.8 Å². The quantitative estimate of drug-likeness (QED) is 0.638. The maximum atomic E-state index is 12.4. The molecule has 0 fully saturated rings. The smallest absolute Gasteiger partial charge is 0.343 e.